The summed E-state index contributed by atoms with van der Waals surface area (Å²) < 4.78 is 0. The summed E-state index contributed by atoms with van der Waals surface area (Å²) in [6, 6.07) is 0.0125. The Labute approximate surface area is 117 Å². The van der Waals surface area contributed by atoms with Gasteiger partial charge in [0.2, 0.25) is 0 Å². The van der Waals surface area contributed by atoms with Crippen LogP contribution < -0.4 is 21.3 Å². The minimum absolute atomic E-state index is 0.0125. The average molecular weight is 270 g/mol. The molecule has 0 radical (unpaired) electrons. The third-order valence-corrected chi connectivity index (χ3v) is 3.44. The third kappa shape index (κ3) is 9.10. The lowest BCUT2D eigenvalue weighted by molar-refractivity contribution is -0.119. The summed E-state index contributed by atoms with van der Waals surface area (Å²) in [5.74, 6) is 0.248. The highest BCUT2D eigenvalue weighted by Crippen LogP contribution is 1.94. The molecule has 0 saturated carbocycles. The van der Waals surface area contributed by atoms with E-state index in [1.807, 2.05) is 0 Å². The number of nitrogens with one attached hydrogen (secondary N) is 4. The molecule has 5 nitrogen and oxygen atoms in total. The Balaban J connectivity index is 2.25. The molecule has 0 aliphatic carbocycles. The maximum Gasteiger partial charge on any atom is 0.146 e. The topological polar surface area (TPSA) is 65.2 Å². The molecule has 1 fully saturated rings. The van der Waals surface area contributed by atoms with Crippen LogP contribution in [0.5, 0.6) is 0 Å². The molecular weight excluding hydrogens is 240 g/mol. The Morgan fingerprint density at radius 1 is 0.789 bits per heavy atom. The Bertz CT molecular complexity index is 219. The van der Waals surface area contributed by atoms with Crippen LogP contribution in [0, 0.1) is 0 Å². The number of hydrogen-bond donors (Lipinski definition) is 4. The zero-order chi connectivity index (χ0) is 13.8. The van der Waals surface area contributed by atoms with Crippen LogP contribution in [0.1, 0.15) is 32.6 Å². The van der Waals surface area contributed by atoms with Crippen molar-refractivity contribution in [3.05, 3.63) is 0 Å². The van der Waals surface area contributed by atoms with Crippen molar-refractivity contribution in [1.29, 1.82) is 0 Å². The van der Waals surface area contributed by atoms with Gasteiger partial charge < -0.3 is 21.3 Å². The Morgan fingerprint density at radius 2 is 1.26 bits per heavy atom. The van der Waals surface area contributed by atoms with E-state index in [-0.39, 0.29) is 11.8 Å². The van der Waals surface area contributed by atoms with Crippen LogP contribution in [0.15, 0.2) is 0 Å². The smallest absolute Gasteiger partial charge is 0.146 e. The SMILES string of the molecule is CC(=O)C1CCNCCCNCCCNCCCN1. The highest BCUT2D eigenvalue weighted by atomic mass is 16.1. The Morgan fingerprint density at radius 3 is 1.79 bits per heavy atom. The molecule has 0 amide bonds. The highest BCUT2D eigenvalue weighted by molar-refractivity contribution is 5.81. The molecule has 1 unspecified atom stereocenters. The van der Waals surface area contributed by atoms with E-state index in [1.165, 1.54) is 6.42 Å². The van der Waals surface area contributed by atoms with Crippen molar-refractivity contribution in [2.45, 2.75) is 38.6 Å². The lowest BCUT2D eigenvalue weighted by Gasteiger charge is -2.17. The van der Waals surface area contributed by atoms with Crippen LogP contribution in [0.4, 0.5) is 0 Å². The first kappa shape index (κ1) is 16.6. The molecule has 0 aromatic carbocycles. The van der Waals surface area contributed by atoms with Gasteiger partial charge in [0.05, 0.1) is 6.04 Å². The fourth-order valence-corrected chi connectivity index (χ4v) is 2.24. The van der Waals surface area contributed by atoms with Gasteiger partial charge in [-0.1, -0.05) is 0 Å². The summed E-state index contributed by atoms with van der Waals surface area (Å²) in [6.07, 6.45) is 4.28. The van der Waals surface area contributed by atoms with Gasteiger partial charge in [0.15, 0.2) is 0 Å². The first-order valence-corrected chi connectivity index (χ1v) is 7.66. The van der Waals surface area contributed by atoms with Crippen LogP contribution in [0.25, 0.3) is 0 Å². The zero-order valence-electron chi connectivity index (χ0n) is 12.3. The summed E-state index contributed by atoms with van der Waals surface area (Å²) in [6.45, 7) is 8.79. The van der Waals surface area contributed by atoms with Gasteiger partial charge in [0, 0.05) is 0 Å². The molecule has 5 heteroatoms. The van der Waals surface area contributed by atoms with Crippen LogP contribution in [0.3, 0.4) is 0 Å². The van der Waals surface area contributed by atoms with Gasteiger partial charge in [-0.15, -0.1) is 0 Å². The summed E-state index contributed by atoms with van der Waals surface area (Å²) in [5, 5.41) is 13.6. The van der Waals surface area contributed by atoms with Gasteiger partial charge in [0.1, 0.15) is 5.78 Å². The first-order valence-electron chi connectivity index (χ1n) is 7.66. The Kier molecular flexibility index (Phi) is 9.89. The van der Waals surface area contributed by atoms with Crippen molar-refractivity contribution in [2.24, 2.45) is 0 Å². The van der Waals surface area contributed by atoms with Gasteiger partial charge in [-0.3, -0.25) is 4.79 Å². The standard InChI is InChI=1S/C14H30N4O/c1-13(19)14-5-12-17-9-3-8-15-6-2-7-16-10-4-11-18-14/h14-18H,2-12H2,1H3. The lowest BCUT2D eigenvalue weighted by atomic mass is 10.1. The third-order valence-electron chi connectivity index (χ3n) is 3.44. The molecule has 1 aliphatic rings. The van der Waals surface area contributed by atoms with Crippen molar-refractivity contribution in [1.82, 2.24) is 21.3 Å². The fourth-order valence-electron chi connectivity index (χ4n) is 2.24. The number of Topliss-reactive ketones (excluding diaryl/α,β-unsaturated/α-hetero) is 1. The van der Waals surface area contributed by atoms with E-state index in [4.69, 9.17) is 0 Å². The average Bonchev–Trinajstić information content (AvgIpc) is 2.38. The van der Waals surface area contributed by atoms with E-state index in [2.05, 4.69) is 21.3 Å². The Hall–Kier alpha value is -0.490. The number of hydrogen-bond acceptors (Lipinski definition) is 5. The normalized spacial score (nSPS) is 25.8. The van der Waals surface area contributed by atoms with Crippen molar-refractivity contribution in [2.75, 3.05) is 45.8 Å². The van der Waals surface area contributed by atoms with Gasteiger partial charge in [0.25, 0.3) is 0 Å². The van der Waals surface area contributed by atoms with E-state index >= 15 is 0 Å². The monoisotopic (exact) mass is 270 g/mol. The maximum absolute atomic E-state index is 11.5. The minimum Gasteiger partial charge on any atom is -0.317 e. The van der Waals surface area contributed by atoms with Gasteiger partial charge in [-0.25, -0.2) is 0 Å². The number of carbonyl (C=O) groups is 1. The quantitative estimate of drug-likeness (QED) is 0.535. The van der Waals surface area contributed by atoms with Crippen molar-refractivity contribution < 1.29 is 4.79 Å². The number of rotatable bonds is 1. The summed E-state index contributed by atoms with van der Waals surface area (Å²) in [4.78, 5) is 11.5. The molecule has 1 atom stereocenters. The molecule has 112 valence electrons. The van der Waals surface area contributed by atoms with Crippen LogP contribution >= 0.6 is 0 Å². The van der Waals surface area contributed by atoms with Crippen molar-refractivity contribution >= 4 is 5.78 Å². The largest absolute Gasteiger partial charge is 0.317 e. The van der Waals surface area contributed by atoms with Crippen molar-refractivity contribution in [3.63, 3.8) is 0 Å². The first-order chi connectivity index (χ1) is 9.30. The lowest BCUT2D eigenvalue weighted by Crippen LogP contribution is -2.39. The molecule has 1 saturated heterocycles. The number of carbonyl (C=O) groups excluding carboxylic acids is 1. The van der Waals surface area contributed by atoms with Gasteiger partial charge in [-0.2, -0.15) is 0 Å². The van der Waals surface area contributed by atoms with Gasteiger partial charge in [-0.05, 0) is 78.4 Å². The second-order valence-corrected chi connectivity index (χ2v) is 5.22. The molecule has 0 aromatic rings. The molecule has 0 bridgehead atoms. The number of ketones is 1. The maximum atomic E-state index is 11.5. The molecule has 0 aromatic heterocycles. The predicted octanol–water partition coefficient (Wildman–Crippen LogP) is -0.124. The molecular formula is C14H30N4O. The van der Waals surface area contributed by atoms with E-state index in [0.29, 0.717) is 0 Å². The van der Waals surface area contributed by atoms with E-state index in [9.17, 15) is 4.79 Å². The molecule has 1 rings (SSSR count). The summed E-state index contributed by atoms with van der Waals surface area (Å²) >= 11 is 0. The van der Waals surface area contributed by atoms with E-state index in [1.54, 1.807) is 6.92 Å². The van der Waals surface area contributed by atoms with E-state index < -0.39 is 0 Å². The summed E-state index contributed by atoms with van der Waals surface area (Å²) in [7, 11) is 0. The molecule has 1 aliphatic heterocycles. The molecule has 4 N–H and O–H groups in total. The predicted molar refractivity (Wildman–Crippen MR) is 79.5 cm³/mol. The second-order valence-electron chi connectivity index (χ2n) is 5.22. The van der Waals surface area contributed by atoms with Gasteiger partial charge >= 0.3 is 0 Å². The highest BCUT2D eigenvalue weighted by Gasteiger charge is 2.12. The molecule has 1 heterocycles. The van der Waals surface area contributed by atoms with Crippen LogP contribution in [-0.2, 0) is 4.79 Å². The van der Waals surface area contributed by atoms with E-state index in [0.717, 1.165) is 65.1 Å². The fraction of sp³-hybridized carbons (Fsp3) is 0.929. The zero-order valence-corrected chi connectivity index (χ0v) is 12.3. The van der Waals surface area contributed by atoms with Crippen LogP contribution in [0.2, 0.25) is 0 Å². The molecule has 19 heavy (non-hydrogen) atoms. The minimum atomic E-state index is 0.0125. The van der Waals surface area contributed by atoms with Crippen LogP contribution in [-0.4, -0.2) is 57.6 Å². The summed E-state index contributed by atoms with van der Waals surface area (Å²) in [5.41, 5.74) is 0. The van der Waals surface area contributed by atoms with Crippen molar-refractivity contribution in [3.8, 4) is 0 Å². The second kappa shape index (κ2) is 11.3. The molecule has 0 spiro atoms.